The Bertz CT molecular complexity index is 636. The number of carbonyl (C=O) groups is 1. The van der Waals surface area contributed by atoms with Crippen molar-refractivity contribution in [2.45, 2.75) is 26.2 Å². The average Bonchev–Trinajstić information content (AvgIpc) is 2.56. The Hall–Kier alpha value is -2.49. The largest absolute Gasteiger partial charge is 0.497 e. The highest BCUT2D eigenvalue weighted by atomic mass is 16.5. The van der Waals surface area contributed by atoms with Crippen molar-refractivity contribution in [1.82, 2.24) is 0 Å². The van der Waals surface area contributed by atoms with Gasteiger partial charge in [-0.15, -0.1) is 0 Å². The first-order chi connectivity index (χ1) is 11.1. The van der Waals surface area contributed by atoms with Gasteiger partial charge in [-0.25, -0.2) is 0 Å². The van der Waals surface area contributed by atoms with Crippen molar-refractivity contribution < 1.29 is 9.53 Å². The van der Waals surface area contributed by atoms with Crippen LogP contribution >= 0.6 is 0 Å². The van der Waals surface area contributed by atoms with Gasteiger partial charge in [0.15, 0.2) is 0 Å². The van der Waals surface area contributed by atoms with Crippen molar-refractivity contribution in [3.63, 3.8) is 0 Å². The van der Waals surface area contributed by atoms with Crippen LogP contribution < -0.4 is 15.4 Å². The molecule has 1 amide bonds. The summed E-state index contributed by atoms with van der Waals surface area (Å²) in [5, 5.41) is 6.23. The third-order valence-electron chi connectivity index (χ3n) is 3.63. The van der Waals surface area contributed by atoms with E-state index in [0.717, 1.165) is 22.7 Å². The molecule has 2 aromatic carbocycles. The molecular formula is C19H24N2O2. The molecular weight excluding hydrogens is 288 g/mol. The van der Waals surface area contributed by atoms with Crippen LogP contribution in [0.1, 0.15) is 31.7 Å². The number of anilines is 2. The zero-order chi connectivity index (χ0) is 16.7. The molecule has 0 aliphatic rings. The predicted molar refractivity (Wildman–Crippen MR) is 95.3 cm³/mol. The Morgan fingerprint density at radius 2 is 1.78 bits per heavy atom. The van der Waals surface area contributed by atoms with Crippen molar-refractivity contribution in [2.75, 3.05) is 24.3 Å². The first-order valence-electron chi connectivity index (χ1n) is 7.87. The van der Waals surface area contributed by atoms with Crippen LogP contribution in [0.3, 0.4) is 0 Å². The number of rotatable bonds is 7. The first kappa shape index (κ1) is 16.9. The normalized spacial score (nSPS) is 10.4. The Morgan fingerprint density at radius 3 is 2.43 bits per heavy atom. The molecule has 2 rings (SSSR count). The number of para-hydroxylation sites is 1. The maximum atomic E-state index is 12.1. The van der Waals surface area contributed by atoms with E-state index in [4.69, 9.17) is 4.74 Å². The summed E-state index contributed by atoms with van der Waals surface area (Å²) < 4.78 is 5.12. The van der Waals surface area contributed by atoms with Crippen LogP contribution in [0.2, 0.25) is 0 Å². The number of ether oxygens (including phenoxy) is 1. The third-order valence-corrected chi connectivity index (χ3v) is 3.63. The summed E-state index contributed by atoms with van der Waals surface area (Å²) in [6.45, 7) is 4.83. The van der Waals surface area contributed by atoms with Gasteiger partial charge in [0.2, 0.25) is 5.91 Å². The maximum absolute atomic E-state index is 12.1. The number of hydrogen-bond donors (Lipinski definition) is 2. The number of nitrogens with one attached hydrogen (secondary N) is 2. The predicted octanol–water partition coefficient (Wildman–Crippen LogP) is 4.26. The Balaban J connectivity index is 1.83. The second-order valence-electron chi connectivity index (χ2n) is 5.70. The topological polar surface area (TPSA) is 50.4 Å². The summed E-state index contributed by atoms with van der Waals surface area (Å²) in [6, 6.07) is 15.6. The lowest BCUT2D eigenvalue weighted by Crippen LogP contribution is -2.17. The Morgan fingerprint density at radius 1 is 1.09 bits per heavy atom. The molecule has 0 heterocycles. The smallest absolute Gasteiger partial charge is 0.226 e. The van der Waals surface area contributed by atoms with Crippen LogP contribution in [0.25, 0.3) is 0 Å². The molecule has 0 fully saturated rings. The molecule has 0 aliphatic heterocycles. The molecule has 4 nitrogen and oxygen atoms in total. The minimum atomic E-state index is 0.0131. The fraction of sp³-hybridized carbons (Fsp3) is 0.316. The summed E-state index contributed by atoms with van der Waals surface area (Å²) in [5.74, 6) is 1.21. The lowest BCUT2D eigenvalue weighted by molar-refractivity contribution is -0.115. The molecule has 0 atom stereocenters. The molecule has 0 saturated heterocycles. The van der Waals surface area contributed by atoms with Crippen molar-refractivity contribution in [1.29, 1.82) is 0 Å². The Kier molecular flexibility index (Phi) is 6.03. The van der Waals surface area contributed by atoms with Gasteiger partial charge < -0.3 is 15.4 Å². The number of methoxy groups -OCH3 is 1. The summed E-state index contributed by atoms with van der Waals surface area (Å²) >= 11 is 0. The van der Waals surface area contributed by atoms with E-state index in [1.165, 1.54) is 0 Å². The summed E-state index contributed by atoms with van der Waals surface area (Å²) in [6.07, 6.45) is 0.415. The van der Waals surface area contributed by atoms with Gasteiger partial charge in [0.05, 0.1) is 7.11 Å². The highest BCUT2D eigenvalue weighted by Crippen LogP contribution is 2.23. The Labute approximate surface area is 137 Å². The van der Waals surface area contributed by atoms with E-state index in [2.05, 4.69) is 30.5 Å². The highest BCUT2D eigenvalue weighted by Gasteiger charge is 2.08. The van der Waals surface area contributed by atoms with Gasteiger partial charge in [-0.1, -0.05) is 32.0 Å². The van der Waals surface area contributed by atoms with Gasteiger partial charge in [0, 0.05) is 24.3 Å². The SMILES string of the molecule is COc1ccc(NCCC(=O)Nc2ccccc2C(C)C)cc1. The second kappa shape index (κ2) is 8.22. The standard InChI is InChI=1S/C19H24N2O2/c1-14(2)17-6-4-5-7-18(17)21-19(22)12-13-20-15-8-10-16(23-3)11-9-15/h4-11,14,20H,12-13H2,1-3H3,(H,21,22). The minimum absolute atomic E-state index is 0.0131. The fourth-order valence-electron chi connectivity index (χ4n) is 2.36. The van der Waals surface area contributed by atoms with Gasteiger partial charge in [-0.3, -0.25) is 4.79 Å². The molecule has 23 heavy (non-hydrogen) atoms. The van der Waals surface area contributed by atoms with E-state index >= 15 is 0 Å². The molecule has 0 bridgehead atoms. The van der Waals surface area contributed by atoms with Crippen molar-refractivity contribution in [2.24, 2.45) is 0 Å². The van der Waals surface area contributed by atoms with Crippen LogP contribution in [0.5, 0.6) is 5.75 Å². The summed E-state index contributed by atoms with van der Waals surface area (Å²) in [5.41, 5.74) is 3.03. The molecule has 0 radical (unpaired) electrons. The van der Waals surface area contributed by atoms with Gasteiger partial charge in [-0.05, 0) is 41.8 Å². The minimum Gasteiger partial charge on any atom is -0.497 e. The quantitative estimate of drug-likeness (QED) is 0.803. The van der Waals surface area contributed by atoms with Crippen LogP contribution in [-0.4, -0.2) is 19.6 Å². The molecule has 0 aromatic heterocycles. The fourth-order valence-corrected chi connectivity index (χ4v) is 2.36. The van der Waals surface area contributed by atoms with Gasteiger partial charge in [0.25, 0.3) is 0 Å². The molecule has 0 saturated carbocycles. The van der Waals surface area contributed by atoms with Gasteiger partial charge in [0.1, 0.15) is 5.75 Å². The van der Waals surface area contributed by atoms with E-state index in [9.17, 15) is 4.79 Å². The van der Waals surface area contributed by atoms with Crippen LogP contribution in [0, 0.1) is 0 Å². The molecule has 2 N–H and O–H groups in total. The molecule has 0 unspecified atom stereocenters. The molecule has 2 aromatic rings. The molecule has 122 valence electrons. The van der Waals surface area contributed by atoms with E-state index in [-0.39, 0.29) is 5.91 Å². The summed E-state index contributed by atoms with van der Waals surface area (Å²) in [7, 11) is 1.64. The second-order valence-corrected chi connectivity index (χ2v) is 5.70. The van der Waals surface area contributed by atoms with Crippen molar-refractivity contribution in [3.8, 4) is 5.75 Å². The molecule has 4 heteroatoms. The van der Waals surface area contributed by atoms with E-state index in [0.29, 0.717) is 18.9 Å². The molecule has 0 aliphatic carbocycles. The zero-order valence-corrected chi connectivity index (χ0v) is 13.9. The average molecular weight is 312 g/mol. The number of benzene rings is 2. The van der Waals surface area contributed by atoms with Crippen LogP contribution in [0.15, 0.2) is 48.5 Å². The van der Waals surface area contributed by atoms with E-state index < -0.39 is 0 Å². The number of carbonyl (C=O) groups excluding carboxylic acids is 1. The number of amides is 1. The van der Waals surface area contributed by atoms with E-state index in [1.807, 2.05) is 42.5 Å². The van der Waals surface area contributed by atoms with Crippen LogP contribution in [0.4, 0.5) is 11.4 Å². The maximum Gasteiger partial charge on any atom is 0.226 e. The van der Waals surface area contributed by atoms with Gasteiger partial charge in [-0.2, -0.15) is 0 Å². The lowest BCUT2D eigenvalue weighted by atomic mass is 10.0. The third kappa shape index (κ3) is 5.02. The monoisotopic (exact) mass is 312 g/mol. The summed E-state index contributed by atoms with van der Waals surface area (Å²) in [4.78, 5) is 12.1. The first-order valence-corrected chi connectivity index (χ1v) is 7.87. The van der Waals surface area contributed by atoms with E-state index in [1.54, 1.807) is 7.11 Å². The van der Waals surface area contributed by atoms with Crippen molar-refractivity contribution in [3.05, 3.63) is 54.1 Å². The lowest BCUT2D eigenvalue weighted by Gasteiger charge is -2.14. The molecule has 0 spiro atoms. The number of hydrogen-bond acceptors (Lipinski definition) is 3. The van der Waals surface area contributed by atoms with Crippen molar-refractivity contribution >= 4 is 17.3 Å². The zero-order valence-electron chi connectivity index (χ0n) is 13.9. The van der Waals surface area contributed by atoms with Crippen LogP contribution in [-0.2, 0) is 4.79 Å². The van der Waals surface area contributed by atoms with Gasteiger partial charge >= 0.3 is 0 Å². The highest BCUT2D eigenvalue weighted by molar-refractivity contribution is 5.91.